The minimum absolute atomic E-state index is 0.261. The third kappa shape index (κ3) is 3.66. The van der Waals surface area contributed by atoms with Crippen molar-refractivity contribution in [2.45, 2.75) is 11.8 Å². The zero-order chi connectivity index (χ0) is 21.6. The van der Waals surface area contributed by atoms with Crippen molar-refractivity contribution in [3.63, 3.8) is 0 Å². The van der Waals surface area contributed by atoms with Crippen LogP contribution in [0.15, 0.2) is 60.2 Å². The summed E-state index contributed by atoms with van der Waals surface area (Å²) in [6, 6.07) is 10.3. The van der Waals surface area contributed by atoms with Gasteiger partial charge in [0.05, 0.1) is 9.13 Å². The van der Waals surface area contributed by atoms with Gasteiger partial charge < -0.3 is 14.7 Å². The number of rotatable bonds is 5. The van der Waals surface area contributed by atoms with E-state index >= 15 is 0 Å². The lowest BCUT2D eigenvalue weighted by Crippen LogP contribution is -2.17. The highest BCUT2D eigenvalue weighted by molar-refractivity contribution is 7.86. The highest BCUT2D eigenvalue weighted by Gasteiger charge is 2.41. The van der Waals surface area contributed by atoms with Crippen molar-refractivity contribution in [1.82, 2.24) is 0 Å². The Labute approximate surface area is 158 Å². The van der Waals surface area contributed by atoms with Gasteiger partial charge in [0.2, 0.25) is 17.4 Å². The monoisotopic (exact) mass is 400 g/mol. The molecular weight excluding hydrogens is 385 g/mol. The molecule has 1 heterocycles. The van der Waals surface area contributed by atoms with Crippen molar-refractivity contribution in [2.75, 3.05) is 0 Å². The van der Waals surface area contributed by atoms with Gasteiger partial charge in [0.15, 0.2) is 6.08 Å². The van der Waals surface area contributed by atoms with Gasteiger partial charge in [-0.05, 0) is 11.6 Å². The minimum atomic E-state index is -5.12. The zero-order valence-electron chi connectivity index (χ0n) is 15.9. The fraction of sp³-hybridized carbons (Fsp3) is 0.118. The van der Waals surface area contributed by atoms with Gasteiger partial charge >= 0.3 is 10.1 Å². The topological polar surface area (TPSA) is 95.7 Å². The molecule has 1 aliphatic heterocycles. The Hall–Kier alpha value is -2.58. The Morgan fingerprint density at radius 3 is 2.65 bits per heavy atom. The molecule has 9 heteroatoms. The van der Waals surface area contributed by atoms with E-state index in [0.29, 0.717) is 0 Å². The molecule has 0 unspecified atom stereocenters. The highest BCUT2D eigenvalue weighted by Crippen LogP contribution is 2.35. The second-order valence-electron chi connectivity index (χ2n) is 5.06. The van der Waals surface area contributed by atoms with Gasteiger partial charge in [-0.3, -0.25) is 4.79 Å². The molecule has 1 atom stereocenters. The molecule has 1 aliphatic rings. The molecule has 0 bridgehead atoms. The molecular formula is C17H13ClFNO5S. The van der Waals surface area contributed by atoms with Crippen LogP contribution in [-0.4, -0.2) is 14.2 Å². The van der Waals surface area contributed by atoms with Crippen molar-refractivity contribution in [2.24, 2.45) is 5.73 Å². The lowest BCUT2D eigenvalue weighted by molar-refractivity contribution is -0.123. The van der Waals surface area contributed by atoms with E-state index in [4.69, 9.17) is 26.2 Å². The third-order valence-corrected chi connectivity index (χ3v) is 4.42. The van der Waals surface area contributed by atoms with E-state index in [-0.39, 0.29) is 5.56 Å². The van der Waals surface area contributed by atoms with E-state index in [1.54, 1.807) is 6.07 Å². The maximum atomic E-state index is 14.3. The maximum absolute atomic E-state index is 14.3. The molecule has 0 saturated carbocycles. The quantitative estimate of drug-likeness (QED) is 0.775. The van der Waals surface area contributed by atoms with Gasteiger partial charge in [-0.1, -0.05) is 54.1 Å². The van der Waals surface area contributed by atoms with Gasteiger partial charge in [0.1, 0.15) is 11.5 Å². The summed E-state index contributed by atoms with van der Waals surface area (Å²) in [6.07, 6.45) is -2.79. The van der Waals surface area contributed by atoms with Crippen LogP contribution < -0.4 is 5.73 Å². The minimum Gasteiger partial charge on any atom is -0.460 e. The Morgan fingerprint density at radius 2 is 1.96 bits per heavy atom. The van der Waals surface area contributed by atoms with E-state index in [2.05, 4.69) is 4.18 Å². The lowest BCUT2D eigenvalue weighted by Gasteiger charge is -2.11. The van der Waals surface area contributed by atoms with Gasteiger partial charge in [-0.25, -0.2) is 4.39 Å². The Morgan fingerprint density at radius 1 is 1.27 bits per heavy atom. The van der Waals surface area contributed by atoms with E-state index in [0.717, 1.165) is 6.07 Å². The average molecular weight is 401 g/mol. The third-order valence-electron chi connectivity index (χ3n) is 3.25. The number of halogens is 2. The molecule has 0 amide bonds. The molecule has 6 nitrogen and oxygen atoms in total. The number of carbonyl (C=O) groups is 1. The molecule has 2 aromatic carbocycles. The van der Waals surface area contributed by atoms with Crippen LogP contribution in [0.5, 0.6) is 0 Å². The first-order valence-corrected chi connectivity index (χ1v) is 8.88. The van der Waals surface area contributed by atoms with E-state index in [9.17, 15) is 17.6 Å². The number of ketones is 1. The van der Waals surface area contributed by atoms with E-state index in [1.165, 1.54) is 36.4 Å². The lowest BCUT2D eigenvalue weighted by atomic mass is 10.1. The van der Waals surface area contributed by atoms with Gasteiger partial charge in [0.25, 0.3) is 0 Å². The number of Topliss-reactive ketones (excluding diaryl/α,β-unsaturated/α-hetero) is 1. The molecule has 3 rings (SSSR count). The number of nitrogens with two attached hydrogens (primary N) is 1. The molecule has 0 fully saturated rings. The first kappa shape index (κ1) is 14.6. The maximum Gasteiger partial charge on any atom is 0.313 e. The summed E-state index contributed by atoms with van der Waals surface area (Å²) >= 11 is 5.66. The van der Waals surface area contributed by atoms with Crippen LogP contribution in [0.25, 0.3) is 0 Å². The fourth-order valence-corrected chi connectivity index (χ4v) is 3.15. The number of ether oxygens (including phenoxy) is 1. The van der Waals surface area contributed by atoms with Crippen molar-refractivity contribution in [3.05, 3.63) is 82.1 Å². The molecule has 0 aromatic heterocycles. The Kier molecular flexibility index (Phi) is 3.91. The molecule has 0 spiro atoms. The largest absolute Gasteiger partial charge is 0.460 e. The Balaban J connectivity index is 1.97. The fourth-order valence-electron chi connectivity index (χ4n) is 2.13. The molecule has 2 aromatic rings. The summed E-state index contributed by atoms with van der Waals surface area (Å²) < 4.78 is 72.9. The summed E-state index contributed by atoms with van der Waals surface area (Å²) in [4.78, 5) is 12.7. The van der Waals surface area contributed by atoms with Crippen molar-refractivity contribution >= 4 is 27.5 Å². The predicted molar refractivity (Wildman–Crippen MR) is 91.6 cm³/mol. The van der Waals surface area contributed by atoms with Gasteiger partial charge in [0, 0.05) is 5.56 Å². The van der Waals surface area contributed by atoms with E-state index < -0.39 is 55.7 Å². The zero-order valence-corrected chi connectivity index (χ0v) is 14.5. The van der Waals surface area contributed by atoms with Crippen LogP contribution in [0, 0.1) is 5.82 Å². The molecule has 0 aliphatic carbocycles. The molecule has 0 saturated heterocycles. The van der Waals surface area contributed by atoms with Crippen molar-refractivity contribution < 1.29 is 30.6 Å². The van der Waals surface area contributed by atoms with E-state index in [1.807, 2.05) is 0 Å². The Bertz CT molecular complexity index is 1130. The summed E-state index contributed by atoms with van der Waals surface area (Å²) in [5.41, 5.74) is 1.58. The standard InChI is InChI=1S/C17H13ClFNO5S/c18-12-8-4-7-11(13(12)19)15-14(21)16(17(20)24-15)25-26(22,23)9-10-5-2-1-3-6-10/h1-8,15H,9,20H2/t15-/m1/s1/i9D2,15D. The molecule has 26 heavy (non-hydrogen) atoms. The first-order chi connectivity index (χ1) is 13.4. The van der Waals surface area contributed by atoms with Gasteiger partial charge in [-0.2, -0.15) is 8.42 Å². The first-order valence-electron chi connectivity index (χ1n) is 8.59. The van der Waals surface area contributed by atoms with Gasteiger partial charge in [-0.15, -0.1) is 0 Å². The van der Waals surface area contributed by atoms with Crippen LogP contribution in [0.1, 0.15) is 21.3 Å². The summed E-state index contributed by atoms with van der Waals surface area (Å²) in [6.45, 7) is 0. The van der Waals surface area contributed by atoms with Crippen LogP contribution >= 0.6 is 11.6 Å². The second-order valence-corrected chi connectivity index (χ2v) is 6.75. The molecule has 136 valence electrons. The number of hydrogen-bond acceptors (Lipinski definition) is 6. The van der Waals surface area contributed by atoms with Crippen LogP contribution in [0.4, 0.5) is 4.39 Å². The van der Waals surface area contributed by atoms with Crippen molar-refractivity contribution in [3.8, 4) is 0 Å². The summed E-state index contributed by atoms with van der Waals surface area (Å²) in [5.74, 6) is -4.59. The normalized spacial score (nSPS) is 22.4. The SMILES string of the molecule is [2H]C([2H])(c1ccccc1)S(=O)(=O)OC1=C(N)O[C@]([2H])(c2cccc(Cl)c2F)C1=O. The molecule has 2 N–H and O–H groups in total. The smallest absolute Gasteiger partial charge is 0.313 e. The number of benzene rings is 2. The highest BCUT2D eigenvalue weighted by atomic mass is 35.5. The second kappa shape index (κ2) is 6.97. The van der Waals surface area contributed by atoms with Crippen molar-refractivity contribution in [1.29, 1.82) is 0 Å². The predicted octanol–water partition coefficient (Wildman–Crippen LogP) is 2.79. The summed E-state index contributed by atoms with van der Waals surface area (Å²) in [7, 11) is -5.12. The number of hydrogen-bond donors (Lipinski definition) is 1. The van der Waals surface area contributed by atoms with Crippen LogP contribution in [0.2, 0.25) is 5.02 Å². The van der Waals surface area contributed by atoms with Crippen LogP contribution in [-0.2, 0) is 29.5 Å². The van der Waals surface area contributed by atoms with Crippen LogP contribution in [0.3, 0.4) is 0 Å². The molecule has 0 radical (unpaired) electrons. The summed E-state index contributed by atoms with van der Waals surface area (Å²) in [5, 5.41) is -0.397. The number of carbonyl (C=O) groups excluding carboxylic acids is 1. The average Bonchev–Trinajstić information content (AvgIpc) is 2.88.